The molecule has 0 heterocycles. The Balaban J connectivity index is 1.79. The summed E-state index contributed by atoms with van der Waals surface area (Å²) in [5.41, 5.74) is 1.46. The predicted octanol–water partition coefficient (Wildman–Crippen LogP) is 5.60. The monoisotopic (exact) mass is 408 g/mol. The fraction of sp³-hybridized carbons (Fsp3) is 0.519. The molecule has 1 fully saturated rings. The molecule has 1 aliphatic rings. The van der Waals surface area contributed by atoms with Gasteiger partial charge in [0.05, 0.1) is 5.60 Å². The van der Waals surface area contributed by atoms with Crippen LogP contribution in [0.5, 0.6) is 0 Å². The number of ether oxygens (including phenoxy) is 1. The van der Waals surface area contributed by atoms with E-state index in [0.29, 0.717) is 31.1 Å². The van der Waals surface area contributed by atoms with Gasteiger partial charge in [0.1, 0.15) is 6.10 Å². The van der Waals surface area contributed by atoms with Gasteiger partial charge in [-0.3, -0.25) is 4.79 Å². The van der Waals surface area contributed by atoms with Crippen LogP contribution in [0.1, 0.15) is 57.6 Å². The van der Waals surface area contributed by atoms with Crippen LogP contribution in [0.3, 0.4) is 0 Å². The van der Waals surface area contributed by atoms with Crippen LogP contribution in [0, 0.1) is 17.8 Å². The fourth-order valence-electron chi connectivity index (χ4n) is 5.26. The minimum atomic E-state index is -0.841. The molecule has 0 spiro atoms. The third kappa shape index (κ3) is 6.43. The van der Waals surface area contributed by atoms with Crippen molar-refractivity contribution in [2.75, 3.05) is 0 Å². The number of hydrogen-bond acceptors (Lipinski definition) is 3. The first-order valence-electron chi connectivity index (χ1n) is 11.3. The molecule has 0 saturated heterocycles. The lowest BCUT2D eigenvalue weighted by Crippen LogP contribution is -2.42. The molecule has 2 aromatic rings. The number of hydrogen-bond donors (Lipinski definition) is 1. The van der Waals surface area contributed by atoms with E-state index in [2.05, 4.69) is 38.1 Å². The summed E-state index contributed by atoms with van der Waals surface area (Å²) in [6, 6.07) is 20.5. The van der Waals surface area contributed by atoms with Gasteiger partial charge in [0.15, 0.2) is 0 Å². The Bertz CT molecular complexity index is 745. The summed E-state index contributed by atoms with van der Waals surface area (Å²) in [7, 11) is 0. The number of carbonyl (C=O) groups excluding carboxylic acids is 1. The zero-order valence-electron chi connectivity index (χ0n) is 18.6. The second-order valence-electron chi connectivity index (χ2n) is 9.46. The molecule has 1 aliphatic carbocycles. The smallest absolute Gasteiger partial charge is 0.302 e. The zero-order chi connectivity index (χ0) is 21.6. The summed E-state index contributed by atoms with van der Waals surface area (Å²) in [6.45, 7) is 5.96. The highest BCUT2D eigenvalue weighted by molar-refractivity contribution is 5.66. The highest BCUT2D eigenvalue weighted by atomic mass is 16.5. The van der Waals surface area contributed by atoms with E-state index in [0.717, 1.165) is 30.4 Å². The van der Waals surface area contributed by atoms with E-state index in [4.69, 9.17) is 4.74 Å². The maximum Gasteiger partial charge on any atom is 0.302 e. The van der Waals surface area contributed by atoms with Crippen molar-refractivity contribution in [3.8, 4) is 0 Å². The average Bonchev–Trinajstić information content (AvgIpc) is 2.68. The molecular weight excluding hydrogens is 372 g/mol. The van der Waals surface area contributed by atoms with E-state index in [1.54, 1.807) is 0 Å². The summed E-state index contributed by atoms with van der Waals surface area (Å²) in [6.07, 6.45) is 5.01. The molecule has 3 rings (SSSR count). The summed E-state index contributed by atoms with van der Waals surface area (Å²) in [5, 5.41) is 11.8. The van der Waals surface area contributed by atoms with Gasteiger partial charge in [-0.2, -0.15) is 0 Å². The molecule has 0 aromatic heterocycles. The standard InChI is InChI=1S/C27H36O3/c1-20-14-15-25(26(16-20)30-22(3)28)21(2)17-27(29,18-23-10-6-4-7-11-23)19-24-12-8-5-9-13-24/h4-13,20-21,25-26,29H,14-19H2,1-3H3/t20-,21?,25-,26+/m0/s1. The second-order valence-corrected chi connectivity index (χ2v) is 9.46. The molecule has 2 aromatic carbocycles. The van der Waals surface area contributed by atoms with E-state index in [9.17, 15) is 9.90 Å². The van der Waals surface area contributed by atoms with Gasteiger partial charge < -0.3 is 9.84 Å². The second kappa shape index (κ2) is 10.3. The first-order valence-corrected chi connectivity index (χ1v) is 11.3. The van der Waals surface area contributed by atoms with Crippen LogP contribution < -0.4 is 0 Å². The van der Waals surface area contributed by atoms with E-state index in [1.807, 2.05) is 36.4 Å². The van der Waals surface area contributed by atoms with E-state index in [1.165, 1.54) is 6.92 Å². The van der Waals surface area contributed by atoms with E-state index < -0.39 is 5.60 Å². The van der Waals surface area contributed by atoms with Crippen molar-refractivity contribution in [3.63, 3.8) is 0 Å². The first-order chi connectivity index (χ1) is 14.3. The zero-order valence-corrected chi connectivity index (χ0v) is 18.6. The van der Waals surface area contributed by atoms with Gasteiger partial charge >= 0.3 is 5.97 Å². The molecule has 1 N–H and O–H groups in total. The molecule has 0 radical (unpaired) electrons. The number of benzene rings is 2. The largest absolute Gasteiger partial charge is 0.462 e. The minimum Gasteiger partial charge on any atom is -0.462 e. The van der Waals surface area contributed by atoms with E-state index >= 15 is 0 Å². The van der Waals surface area contributed by atoms with Gasteiger partial charge in [-0.15, -0.1) is 0 Å². The lowest BCUT2D eigenvalue weighted by molar-refractivity contribution is -0.154. The van der Waals surface area contributed by atoms with Crippen LogP contribution >= 0.6 is 0 Å². The van der Waals surface area contributed by atoms with Gasteiger partial charge in [0.2, 0.25) is 0 Å². The average molecular weight is 409 g/mol. The molecule has 4 atom stereocenters. The van der Waals surface area contributed by atoms with Gasteiger partial charge in [0, 0.05) is 19.8 Å². The fourth-order valence-corrected chi connectivity index (χ4v) is 5.26. The maximum atomic E-state index is 11.8. The highest BCUT2D eigenvalue weighted by Crippen LogP contribution is 2.39. The molecule has 1 unspecified atom stereocenters. The van der Waals surface area contributed by atoms with Crippen LogP contribution in [0.4, 0.5) is 0 Å². The van der Waals surface area contributed by atoms with E-state index in [-0.39, 0.29) is 18.0 Å². The summed E-state index contributed by atoms with van der Waals surface area (Å²) >= 11 is 0. The van der Waals surface area contributed by atoms with Gasteiger partial charge in [-0.1, -0.05) is 80.9 Å². The van der Waals surface area contributed by atoms with Crippen molar-refractivity contribution in [3.05, 3.63) is 71.8 Å². The molecule has 3 nitrogen and oxygen atoms in total. The lowest BCUT2D eigenvalue weighted by atomic mass is 9.70. The Morgan fingerprint density at radius 2 is 1.57 bits per heavy atom. The van der Waals surface area contributed by atoms with Crippen molar-refractivity contribution in [2.24, 2.45) is 17.8 Å². The molecule has 0 bridgehead atoms. The molecule has 1 saturated carbocycles. The number of rotatable bonds is 8. The normalized spacial score (nSPS) is 23.0. The van der Waals surface area contributed by atoms with Crippen LogP contribution in [-0.2, 0) is 22.4 Å². The Hall–Kier alpha value is -2.13. The molecule has 162 valence electrons. The Morgan fingerprint density at radius 3 is 2.07 bits per heavy atom. The Morgan fingerprint density at radius 1 is 1.03 bits per heavy atom. The maximum absolute atomic E-state index is 11.8. The molecule has 30 heavy (non-hydrogen) atoms. The van der Waals surface area contributed by atoms with Crippen LogP contribution in [0.25, 0.3) is 0 Å². The van der Waals surface area contributed by atoms with Crippen LogP contribution in [0.2, 0.25) is 0 Å². The van der Waals surface area contributed by atoms with Crippen molar-refractivity contribution in [2.45, 2.75) is 71.0 Å². The topological polar surface area (TPSA) is 46.5 Å². The minimum absolute atomic E-state index is 0.0426. The summed E-state index contributed by atoms with van der Waals surface area (Å²) in [4.78, 5) is 11.7. The Kier molecular flexibility index (Phi) is 7.71. The number of esters is 1. The predicted molar refractivity (Wildman–Crippen MR) is 121 cm³/mol. The molecular formula is C27H36O3. The van der Waals surface area contributed by atoms with Gasteiger partial charge in [0.25, 0.3) is 0 Å². The number of carbonyl (C=O) groups is 1. The summed E-state index contributed by atoms with van der Waals surface area (Å²) < 4.78 is 5.73. The van der Waals surface area contributed by atoms with Crippen molar-refractivity contribution >= 4 is 5.97 Å². The molecule has 0 amide bonds. The third-order valence-electron chi connectivity index (χ3n) is 6.61. The highest BCUT2D eigenvalue weighted by Gasteiger charge is 2.38. The van der Waals surface area contributed by atoms with Gasteiger partial charge in [-0.25, -0.2) is 0 Å². The lowest BCUT2D eigenvalue weighted by Gasteiger charge is -2.40. The van der Waals surface area contributed by atoms with Crippen LogP contribution in [0.15, 0.2) is 60.7 Å². The van der Waals surface area contributed by atoms with Crippen LogP contribution in [-0.4, -0.2) is 22.8 Å². The Labute approximate surface area is 181 Å². The quantitative estimate of drug-likeness (QED) is 0.579. The third-order valence-corrected chi connectivity index (χ3v) is 6.61. The first kappa shape index (κ1) is 22.6. The SMILES string of the molecule is CC(=O)O[C@@H]1C[C@@H](C)CC[C@H]1C(C)CC(O)(Cc1ccccc1)Cc1ccccc1. The molecule has 0 aliphatic heterocycles. The molecule has 3 heteroatoms. The van der Waals surface area contributed by atoms with Gasteiger partial charge in [-0.05, 0) is 48.1 Å². The van der Waals surface area contributed by atoms with Crippen molar-refractivity contribution < 1.29 is 14.6 Å². The number of aliphatic hydroxyl groups is 1. The van der Waals surface area contributed by atoms with Crippen molar-refractivity contribution in [1.29, 1.82) is 0 Å². The summed E-state index contributed by atoms with van der Waals surface area (Å²) in [5.74, 6) is 0.933. The van der Waals surface area contributed by atoms with Crippen molar-refractivity contribution in [1.82, 2.24) is 0 Å².